The molecule has 160 valence electrons. The smallest absolute Gasteiger partial charge is 0.277 e. The Bertz CT molecular complexity index is 1260. The zero-order valence-corrected chi connectivity index (χ0v) is 17.3. The van der Waals surface area contributed by atoms with Crippen molar-refractivity contribution in [1.29, 1.82) is 0 Å². The Morgan fingerprint density at radius 2 is 1.62 bits per heavy atom. The van der Waals surface area contributed by atoms with E-state index in [9.17, 15) is 9.59 Å². The molecule has 3 aromatic carbocycles. The van der Waals surface area contributed by atoms with Gasteiger partial charge in [-0.25, -0.2) is 5.43 Å². The van der Waals surface area contributed by atoms with Crippen molar-refractivity contribution in [1.82, 2.24) is 9.99 Å². The maximum absolute atomic E-state index is 12.1. The minimum absolute atomic E-state index is 0.0671. The van der Waals surface area contributed by atoms with Crippen molar-refractivity contribution < 1.29 is 14.3 Å². The Kier molecular flexibility index (Phi) is 6.27. The molecule has 0 fully saturated rings. The number of carbonyl (C=O) groups is 2. The number of aromatic nitrogens is 1. The van der Waals surface area contributed by atoms with Gasteiger partial charge in [0.2, 0.25) is 5.91 Å². The number of carbonyl (C=O) groups excluding carboxylic acids is 2. The van der Waals surface area contributed by atoms with E-state index in [1.807, 2.05) is 78.9 Å². The molecular formula is C25H22N4O3. The van der Waals surface area contributed by atoms with Crippen molar-refractivity contribution in [2.45, 2.75) is 6.54 Å². The third kappa shape index (κ3) is 5.02. The molecule has 4 aromatic rings. The van der Waals surface area contributed by atoms with Crippen LogP contribution < -0.4 is 15.9 Å². The molecule has 0 aliphatic heterocycles. The zero-order valence-electron chi connectivity index (χ0n) is 17.3. The van der Waals surface area contributed by atoms with E-state index in [1.165, 1.54) is 6.21 Å². The number of ether oxygens (including phenoxy) is 1. The van der Waals surface area contributed by atoms with E-state index < -0.39 is 5.91 Å². The molecule has 1 aromatic heterocycles. The molecule has 0 aliphatic rings. The second kappa shape index (κ2) is 9.61. The molecule has 7 nitrogen and oxygen atoms in total. The van der Waals surface area contributed by atoms with Crippen molar-refractivity contribution >= 4 is 28.9 Å². The summed E-state index contributed by atoms with van der Waals surface area (Å²) in [5, 5.41) is 4.92. The number of benzene rings is 3. The highest BCUT2D eigenvalue weighted by atomic mass is 16.5. The number of fused-ring (bicyclic) bond motifs is 1. The van der Waals surface area contributed by atoms with Gasteiger partial charge >= 0.3 is 0 Å². The summed E-state index contributed by atoms with van der Waals surface area (Å²) in [4.78, 5) is 23.4. The number of amides is 2. The summed E-state index contributed by atoms with van der Waals surface area (Å²) in [5.41, 5.74) is 11.6. The second-order valence-electron chi connectivity index (χ2n) is 7.17. The van der Waals surface area contributed by atoms with Gasteiger partial charge in [0, 0.05) is 22.7 Å². The first kappa shape index (κ1) is 20.9. The molecule has 0 spiro atoms. The summed E-state index contributed by atoms with van der Waals surface area (Å²) in [5.74, 6) is -0.218. The Morgan fingerprint density at radius 1 is 0.938 bits per heavy atom. The molecule has 0 bridgehead atoms. The number of hydrazone groups is 1. The van der Waals surface area contributed by atoms with Gasteiger partial charge in [-0.1, -0.05) is 60.7 Å². The van der Waals surface area contributed by atoms with Gasteiger partial charge in [0.1, 0.15) is 12.3 Å². The predicted octanol–water partition coefficient (Wildman–Crippen LogP) is 3.32. The van der Waals surface area contributed by atoms with Crippen molar-refractivity contribution in [3.05, 3.63) is 90.6 Å². The summed E-state index contributed by atoms with van der Waals surface area (Å²) in [6.45, 7) is -0.0942. The lowest BCUT2D eigenvalue weighted by molar-refractivity contribution is -0.123. The van der Waals surface area contributed by atoms with Crippen LogP contribution in [-0.2, 0) is 16.1 Å². The largest absolute Gasteiger partial charge is 0.484 e. The van der Waals surface area contributed by atoms with Crippen molar-refractivity contribution in [3.8, 4) is 16.9 Å². The number of hydrogen-bond acceptors (Lipinski definition) is 4. The maximum atomic E-state index is 12.1. The molecule has 0 saturated heterocycles. The van der Waals surface area contributed by atoms with Gasteiger partial charge in [0.05, 0.1) is 6.21 Å². The predicted molar refractivity (Wildman–Crippen MR) is 124 cm³/mol. The first-order valence-electron chi connectivity index (χ1n) is 10.1. The highest BCUT2D eigenvalue weighted by molar-refractivity contribution is 6.00. The van der Waals surface area contributed by atoms with E-state index >= 15 is 0 Å². The number of para-hydroxylation sites is 1. The number of nitrogens with zero attached hydrogens (tertiary/aromatic N) is 2. The van der Waals surface area contributed by atoms with Crippen LogP contribution in [0.25, 0.3) is 22.0 Å². The SMILES string of the molecule is NC(=O)Cn1cc(/C=N/NC(=O)COc2ccc(-c3ccccc3)cc2)c2ccccc21. The van der Waals surface area contributed by atoms with E-state index in [4.69, 9.17) is 10.5 Å². The third-order valence-electron chi connectivity index (χ3n) is 4.87. The lowest BCUT2D eigenvalue weighted by Crippen LogP contribution is -2.24. The van der Waals surface area contributed by atoms with Crippen molar-refractivity contribution in [2.24, 2.45) is 10.8 Å². The quantitative estimate of drug-likeness (QED) is 0.334. The standard InChI is InChI=1S/C25H22N4O3/c26-24(30)16-29-15-20(22-8-4-5-9-23(22)29)14-27-28-25(31)17-32-21-12-10-19(11-13-21)18-6-2-1-3-7-18/h1-15H,16-17H2,(H2,26,30)(H,28,31)/b27-14+. The van der Waals surface area contributed by atoms with Crippen LogP contribution in [0.15, 0.2) is 90.2 Å². The molecule has 7 heteroatoms. The molecular weight excluding hydrogens is 404 g/mol. The minimum Gasteiger partial charge on any atom is -0.484 e. The van der Waals surface area contributed by atoms with Crippen molar-refractivity contribution in [3.63, 3.8) is 0 Å². The van der Waals surface area contributed by atoms with Crippen LogP contribution in [0.4, 0.5) is 0 Å². The molecule has 0 atom stereocenters. The lowest BCUT2D eigenvalue weighted by Gasteiger charge is -2.06. The van der Waals surface area contributed by atoms with Crippen molar-refractivity contribution in [2.75, 3.05) is 6.61 Å². The molecule has 4 rings (SSSR count). The van der Waals surface area contributed by atoms with Crippen LogP contribution in [0.2, 0.25) is 0 Å². The van der Waals surface area contributed by atoms with E-state index in [0.29, 0.717) is 5.75 Å². The maximum Gasteiger partial charge on any atom is 0.277 e. The summed E-state index contributed by atoms with van der Waals surface area (Å²) in [7, 11) is 0. The third-order valence-corrected chi connectivity index (χ3v) is 4.87. The number of rotatable bonds is 8. The van der Waals surface area contributed by atoms with Gasteiger partial charge in [0.15, 0.2) is 6.61 Å². The molecule has 1 heterocycles. The first-order valence-corrected chi connectivity index (χ1v) is 10.1. The minimum atomic E-state index is -0.434. The number of nitrogens with two attached hydrogens (primary N) is 1. The van der Waals surface area contributed by atoms with Gasteiger partial charge in [-0.3, -0.25) is 9.59 Å². The van der Waals surface area contributed by atoms with Gasteiger partial charge in [-0.15, -0.1) is 0 Å². The van der Waals surface area contributed by atoms with Crippen LogP contribution in [0.5, 0.6) is 5.75 Å². The normalized spacial score (nSPS) is 11.0. The monoisotopic (exact) mass is 426 g/mol. The highest BCUT2D eigenvalue weighted by Crippen LogP contribution is 2.22. The van der Waals surface area contributed by atoms with E-state index in [0.717, 1.165) is 27.6 Å². The average Bonchev–Trinajstić information content (AvgIpc) is 3.15. The lowest BCUT2D eigenvalue weighted by atomic mass is 10.1. The fraction of sp³-hybridized carbons (Fsp3) is 0.0800. The van der Waals surface area contributed by atoms with Gasteiger partial charge in [-0.2, -0.15) is 5.10 Å². The van der Waals surface area contributed by atoms with Crippen LogP contribution >= 0.6 is 0 Å². The number of hydrogen-bond donors (Lipinski definition) is 2. The zero-order chi connectivity index (χ0) is 22.3. The summed E-state index contributed by atoms with van der Waals surface area (Å²) in [6.07, 6.45) is 3.31. The van der Waals surface area contributed by atoms with Crippen LogP contribution in [0.1, 0.15) is 5.56 Å². The average molecular weight is 426 g/mol. The van der Waals surface area contributed by atoms with E-state index in [-0.39, 0.29) is 19.1 Å². The molecule has 0 saturated carbocycles. The summed E-state index contributed by atoms with van der Waals surface area (Å²) < 4.78 is 7.29. The molecule has 0 unspecified atom stereocenters. The Labute approximate surface area is 185 Å². The number of primary amides is 1. The molecule has 2 amide bonds. The Morgan fingerprint density at radius 3 is 2.38 bits per heavy atom. The molecule has 32 heavy (non-hydrogen) atoms. The fourth-order valence-corrected chi connectivity index (χ4v) is 3.41. The number of nitrogens with one attached hydrogen (secondary N) is 1. The van der Waals surface area contributed by atoms with E-state index in [1.54, 1.807) is 10.8 Å². The van der Waals surface area contributed by atoms with E-state index in [2.05, 4.69) is 10.5 Å². The fourth-order valence-electron chi connectivity index (χ4n) is 3.41. The van der Waals surface area contributed by atoms with Crippen LogP contribution in [0, 0.1) is 0 Å². The Hall–Kier alpha value is -4.39. The molecule has 3 N–H and O–H groups in total. The second-order valence-corrected chi connectivity index (χ2v) is 7.17. The van der Waals surface area contributed by atoms with Gasteiger partial charge in [-0.05, 0) is 29.3 Å². The highest BCUT2D eigenvalue weighted by Gasteiger charge is 2.08. The molecule has 0 radical (unpaired) electrons. The van der Waals surface area contributed by atoms with Gasteiger partial charge in [0.25, 0.3) is 5.91 Å². The summed E-state index contributed by atoms with van der Waals surface area (Å²) >= 11 is 0. The molecule has 0 aliphatic carbocycles. The Balaban J connectivity index is 1.34. The topological polar surface area (TPSA) is 98.7 Å². The van der Waals surface area contributed by atoms with Gasteiger partial charge < -0.3 is 15.0 Å². The summed E-state index contributed by atoms with van der Waals surface area (Å²) in [6, 6.07) is 25.1. The first-order chi connectivity index (χ1) is 15.6. The van der Waals surface area contributed by atoms with Crippen LogP contribution in [-0.4, -0.2) is 29.2 Å². The van der Waals surface area contributed by atoms with Crippen LogP contribution in [0.3, 0.4) is 0 Å².